The summed E-state index contributed by atoms with van der Waals surface area (Å²) in [4.78, 5) is 10.9. The van der Waals surface area contributed by atoms with Gasteiger partial charge in [-0.15, -0.1) is 0 Å². The van der Waals surface area contributed by atoms with Crippen molar-refractivity contribution in [3.63, 3.8) is 0 Å². The van der Waals surface area contributed by atoms with E-state index < -0.39 is 11.4 Å². The van der Waals surface area contributed by atoms with Crippen LogP contribution in [-0.2, 0) is 10.3 Å². The van der Waals surface area contributed by atoms with Gasteiger partial charge in [0.15, 0.2) is 0 Å². The van der Waals surface area contributed by atoms with Gasteiger partial charge in [0, 0.05) is 0 Å². The van der Waals surface area contributed by atoms with E-state index in [0.29, 0.717) is 5.56 Å². The van der Waals surface area contributed by atoms with E-state index in [2.05, 4.69) is 0 Å². The highest BCUT2D eigenvalue weighted by Gasteiger charge is 2.27. The van der Waals surface area contributed by atoms with Crippen molar-refractivity contribution >= 4 is 5.91 Å². The van der Waals surface area contributed by atoms with Gasteiger partial charge in [0.1, 0.15) is 11.3 Å². The van der Waals surface area contributed by atoms with Crippen LogP contribution in [0.2, 0.25) is 0 Å². The van der Waals surface area contributed by atoms with Crippen molar-refractivity contribution in [1.29, 1.82) is 0 Å². The molecule has 0 saturated heterocycles. The number of hydrogen-bond acceptors (Lipinski definition) is 3. The van der Waals surface area contributed by atoms with Crippen LogP contribution in [0, 0.1) is 0 Å². The number of carbonyl (C=O) groups is 1. The van der Waals surface area contributed by atoms with Gasteiger partial charge < -0.3 is 16.6 Å². The maximum atomic E-state index is 10.9. The highest BCUT2D eigenvalue weighted by Crippen LogP contribution is 2.19. The molecule has 0 aliphatic carbocycles. The quantitative estimate of drug-likeness (QED) is 0.600. The molecule has 1 rings (SSSR count). The van der Waals surface area contributed by atoms with Crippen LogP contribution in [0.1, 0.15) is 12.5 Å². The molecule has 1 atom stereocenters. The first-order valence-corrected chi connectivity index (χ1v) is 3.83. The van der Waals surface area contributed by atoms with Crippen molar-refractivity contribution in [3.05, 3.63) is 29.8 Å². The summed E-state index contributed by atoms with van der Waals surface area (Å²) >= 11 is 0. The SMILES string of the molecule is C[C@@](N)(C(N)=O)c1ccc(O)cc1. The minimum absolute atomic E-state index is 0.129. The Kier molecular flexibility index (Phi) is 2.25. The van der Waals surface area contributed by atoms with Gasteiger partial charge in [0.25, 0.3) is 0 Å². The lowest BCUT2D eigenvalue weighted by atomic mass is 9.93. The molecule has 0 heterocycles. The van der Waals surface area contributed by atoms with E-state index in [1.165, 1.54) is 19.1 Å². The van der Waals surface area contributed by atoms with E-state index in [4.69, 9.17) is 16.6 Å². The van der Waals surface area contributed by atoms with E-state index in [0.717, 1.165) is 0 Å². The van der Waals surface area contributed by atoms with Gasteiger partial charge in [0.2, 0.25) is 5.91 Å². The molecule has 0 fully saturated rings. The third-order valence-electron chi connectivity index (χ3n) is 1.98. The van der Waals surface area contributed by atoms with Crippen molar-refractivity contribution in [2.45, 2.75) is 12.5 Å². The fourth-order valence-corrected chi connectivity index (χ4v) is 0.950. The van der Waals surface area contributed by atoms with E-state index in [1.807, 2.05) is 0 Å². The molecular formula is C9H12N2O2. The van der Waals surface area contributed by atoms with Crippen molar-refractivity contribution in [1.82, 2.24) is 0 Å². The van der Waals surface area contributed by atoms with E-state index >= 15 is 0 Å². The summed E-state index contributed by atoms with van der Waals surface area (Å²) in [6.07, 6.45) is 0. The van der Waals surface area contributed by atoms with E-state index in [-0.39, 0.29) is 5.75 Å². The molecule has 0 aromatic heterocycles. The molecule has 4 nitrogen and oxygen atoms in total. The number of phenols is 1. The Morgan fingerprint density at radius 3 is 2.23 bits per heavy atom. The van der Waals surface area contributed by atoms with Gasteiger partial charge in [-0.1, -0.05) is 12.1 Å². The molecule has 0 aliphatic heterocycles. The number of benzene rings is 1. The standard InChI is InChI=1S/C9H12N2O2/c1-9(11,8(10)13)6-2-4-7(12)5-3-6/h2-5,12H,11H2,1H3,(H2,10,13)/t9-/m0/s1. The molecule has 70 valence electrons. The summed E-state index contributed by atoms with van der Waals surface area (Å²) in [6.45, 7) is 1.53. The average Bonchev–Trinajstić information content (AvgIpc) is 2.04. The molecule has 1 amide bonds. The van der Waals surface area contributed by atoms with Gasteiger partial charge in [0.05, 0.1) is 0 Å². The zero-order chi connectivity index (χ0) is 10.1. The predicted octanol–water partition coefficient (Wildman–Crippen LogP) is 0.0514. The van der Waals surface area contributed by atoms with Gasteiger partial charge in [-0.25, -0.2) is 0 Å². The van der Waals surface area contributed by atoms with Gasteiger partial charge >= 0.3 is 0 Å². The highest BCUT2D eigenvalue weighted by molar-refractivity contribution is 5.85. The summed E-state index contributed by atoms with van der Waals surface area (Å²) < 4.78 is 0. The molecule has 5 N–H and O–H groups in total. The van der Waals surface area contributed by atoms with Crippen molar-refractivity contribution in [3.8, 4) is 5.75 Å². The second-order valence-electron chi connectivity index (χ2n) is 3.11. The number of phenolic OH excluding ortho intramolecular Hbond substituents is 1. The van der Waals surface area contributed by atoms with Crippen LogP contribution in [0.5, 0.6) is 5.75 Å². The lowest BCUT2D eigenvalue weighted by molar-refractivity contribution is -0.122. The number of hydrogen-bond donors (Lipinski definition) is 3. The zero-order valence-corrected chi connectivity index (χ0v) is 7.32. The second-order valence-corrected chi connectivity index (χ2v) is 3.11. The third-order valence-corrected chi connectivity index (χ3v) is 1.98. The first kappa shape index (κ1) is 9.54. The lowest BCUT2D eigenvalue weighted by Crippen LogP contribution is -2.46. The lowest BCUT2D eigenvalue weighted by Gasteiger charge is -2.20. The number of primary amides is 1. The Morgan fingerprint density at radius 1 is 1.38 bits per heavy atom. The van der Waals surface area contributed by atoms with Crippen LogP contribution in [0.15, 0.2) is 24.3 Å². The Hall–Kier alpha value is -1.55. The Bertz CT molecular complexity index is 317. The van der Waals surface area contributed by atoms with Crippen LogP contribution in [0.3, 0.4) is 0 Å². The molecule has 4 heteroatoms. The van der Waals surface area contributed by atoms with Crippen molar-refractivity contribution in [2.24, 2.45) is 11.5 Å². The molecule has 0 aliphatic rings. The average molecular weight is 180 g/mol. The summed E-state index contributed by atoms with van der Waals surface area (Å²) in [5, 5.41) is 9.00. The molecule has 1 aromatic rings. The molecule has 0 unspecified atom stereocenters. The van der Waals surface area contributed by atoms with Crippen LogP contribution in [0.25, 0.3) is 0 Å². The zero-order valence-electron chi connectivity index (χ0n) is 7.32. The Balaban J connectivity index is 3.08. The first-order chi connectivity index (χ1) is 5.94. The fourth-order valence-electron chi connectivity index (χ4n) is 0.950. The van der Waals surface area contributed by atoms with Crippen LogP contribution in [-0.4, -0.2) is 11.0 Å². The molecule has 1 aromatic carbocycles. The van der Waals surface area contributed by atoms with Crippen molar-refractivity contribution in [2.75, 3.05) is 0 Å². The van der Waals surface area contributed by atoms with Gasteiger partial charge in [-0.2, -0.15) is 0 Å². The fraction of sp³-hybridized carbons (Fsp3) is 0.222. The minimum atomic E-state index is -1.19. The van der Waals surface area contributed by atoms with E-state index in [1.54, 1.807) is 12.1 Å². The normalized spacial score (nSPS) is 14.9. The van der Waals surface area contributed by atoms with Crippen LogP contribution >= 0.6 is 0 Å². The smallest absolute Gasteiger partial charge is 0.241 e. The predicted molar refractivity (Wildman–Crippen MR) is 48.8 cm³/mol. The summed E-state index contributed by atoms with van der Waals surface area (Å²) in [6, 6.07) is 6.06. The maximum absolute atomic E-state index is 10.9. The monoisotopic (exact) mass is 180 g/mol. The number of rotatable bonds is 2. The first-order valence-electron chi connectivity index (χ1n) is 3.83. The number of carbonyl (C=O) groups excluding carboxylic acids is 1. The van der Waals surface area contributed by atoms with Gasteiger partial charge in [-0.05, 0) is 24.6 Å². The highest BCUT2D eigenvalue weighted by atomic mass is 16.3. The Labute approximate surface area is 76.2 Å². The molecule has 0 saturated carbocycles. The third kappa shape index (κ3) is 1.78. The Morgan fingerprint density at radius 2 is 1.85 bits per heavy atom. The second kappa shape index (κ2) is 3.06. The maximum Gasteiger partial charge on any atom is 0.241 e. The largest absolute Gasteiger partial charge is 0.508 e. The molecule has 0 bridgehead atoms. The van der Waals surface area contributed by atoms with Crippen LogP contribution < -0.4 is 11.5 Å². The van der Waals surface area contributed by atoms with Gasteiger partial charge in [-0.3, -0.25) is 4.79 Å². The number of aromatic hydroxyl groups is 1. The molecular weight excluding hydrogens is 168 g/mol. The topological polar surface area (TPSA) is 89.3 Å². The molecule has 0 spiro atoms. The summed E-state index contributed by atoms with van der Waals surface area (Å²) in [7, 11) is 0. The number of amides is 1. The molecule has 0 radical (unpaired) electrons. The van der Waals surface area contributed by atoms with E-state index in [9.17, 15) is 4.79 Å². The van der Waals surface area contributed by atoms with Crippen LogP contribution in [0.4, 0.5) is 0 Å². The summed E-state index contributed by atoms with van der Waals surface area (Å²) in [5.74, 6) is -0.470. The number of nitrogens with two attached hydrogens (primary N) is 2. The molecule has 13 heavy (non-hydrogen) atoms. The summed E-state index contributed by atoms with van der Waals surface area (Å²) in [5.41, 5.74) is 10.2. The van der Waals surface area contributed by atoms with Crippen molar-refractivity contribution < 1.29 is 9.90 Å². The minimum Gasteiger partial charge on any atom is -0.508 e.